The standard InChI is InChI=1S/C17H18N2O/c1-2-17(9-5-11-18)10-8-14-15(16(17)20)12-6-3-4-7-13(12)19-14/h3-4,6-7,19H,2,5,8-10H2,1H3/t17-/m0/s1. The molecule has 20 heavy (non-hydrogen) atoms. The van der Waals surface area contributed by atoms with Gasteiger partial charge < -0.3 is 4.98 Å². The van der Waals surface area contributed by atoms with E-state index in [0.29, 0.717) is 12.8 Å². The van der Waals surface area contributed by atoms with Gasteiger partial charge in [-0.25, -0.2) is 0 Å². The fraction of sp³-hybridized carbons (Fsp3) is 0.412. The van der Waals surface area contributed by atoms with Crippen LogP contribution in [0.1, 0.15) is 48.7 Å². The van der Waals surface area contributed by atoms with E-state index in [1.807, 2.05) is 24.3 Å². The lowest BCUT2D eigenvalue weighted by Crippen LogP contribution is -2.35. The van der Waals surface area contributed by atoms with Gasteiger partial charge in [-0.2, -0.15) is 5.26 Å². The highest BCUT2D eigenvalue weighted by Gasteiger charge is 2.42. The van der Waals surface area contributed by atoms with Crippen LogP contribution in [0.3, 0.4) is 0 Å². The van der Waals surface area contributed by atoms with Crippen molar-refractivity contribution >= 4 is 16.7 Å². The number of H-pyrrole nitrogens is 1. The highest BCUT2D eigenvalue weighted by atomic mass is 16.1. The Morgan fingerprint density at radius 2 is 2.20 bits per heavy atom. The number of aromatic nitrogens is 1. The molecule has 0 saturated carbocycles. The molecule has 1 atom stereocenters. The largest absolute Gasteiger partial charge is 0.358 e. The summed E-state index contributed by atoms with van der Waals surface area (Å²) in [6.45, 7) is 2.06. The molecule has 1 aliphatic rings. The number of fused-ring (bicyclic) bond motifs is 3. The van der Waals surface area contributed by atoms with E-state index in [0.717, 1.165) is 41.4 Å². The topological polar surface area (TPSA) is 56.6 Å². The molecule has 2 aromatic rings. The van der Waals surface area contributed by atoms with Crippen LogP contribution in [0.2, 0.25) is 0 Å². The molecule has 0 amide bonds. The number of nitriles is 1. The average molecular weight is 266 g/mol. The molecule has 0 aliphatic heterocycles. The van der Waals surface area contributed by atoms with Crippen LogP contribution >= 0.6 is 0 Å². The van der Waals surface area contributed by atoms with Crippen molar-refractivity contribution in [3.8, 4) is 6.07 Å². The Morgan fingerprint density at radius 1 is 1.40 bits per heavy atom. The first kappa shape index (κ1) is 12.9. The molecule has 1 aliphatic carbocycles. The van der Waals surface area contributed by atoms with Crippen LogP contribution in [-0.2, 0) is 6.42 Å². The summed E-state index contributed by atoms with van der Waals surface area (Å²) in [4.78, 5) is 16.4. The van der Waals surface area contributed by atoms with Crippen LogP contribution < -0.4 is 0 Å². The van der Waals surface area contributed by atoms with E-state index in [1.165, 1.54) is 0 Å². The van der Waals surface area contributed by atoms with Crippen LogP contribution in [0.15, 0.2) is 24.3 Å². The van der Waals surface area contributed by atoms with Crippen molar-refractivity contribution in [2.45, 2.75) is 39.0 Å². The molecule has 3 heteroatoms. The molecular weight excluding hydrogens is 248 g/mol. The van der Waals surface area contributed by atoms with Gasteiger partial charge in [-0.3, -0.25) is 4.79 Å². The molecule has 0 spiro atoms. The third-order valence-corrected chi connectivity index (χ3v) is 4.74. The van der Waals surface area contributed by atoms with Crippen LogP contribution in [0.5, 0.6) is 0 Å². The Balaban J connectivity index is 2.11. The van der Waals surface area contributed by atoms with E-state index >= 15 is 0 Å². The number of nitrogens with one attached hydrogen (secondary N) is 1. The first-order valence-corrected chi connectivity index (χ1v) is 7.23. The fourth-order valence-electron chi connectivity index (χ4n) is 3.44. The van der Waals surface area contributed by atoms with Gasteiger partial charge in [-0.05, 0) is 31.7 Å². The minimum atomic E-state index is -0.340. The molecule has 0 unspecified atom stereocenters. The van der Waals surface area contributed by atoms with Gasteiger partial charge in [0.05, 0.1) is 6.07 Å². The minimum Gasteiger partial charge on any atom is -0.358 e. The zero-order valence-corrected chi connectivity index (χ0v) is 11.7. The van der Waals surface area contributed by atoms with Gasteiger partial charge in [0, 0.05) is 34.0 Å². The first-order chi connectivity index (χ1) is 9.72. The van der Waals surface area contributed by atoms with Gasteiger partial charge in [0.25, 0.3) is 0 Å². The second kappa shape index (κ2) is 4.79. The number of Topliss-reactive ketones (excluding diaryl/α,β-unsaturated/α-hetero) is 1. The highest BCUT2D eigenvalue weighted by Crippen LogP contribution is 2.43. The number of carbonyl (C=O) groups excluding carboxylic acids is 1. The van der Waals surface area contributed by atoms with Crippen molar-refractivity contribution in [2.24, 2.45) is 5.41 Å². The Morgan fingerprint density at radius 3 is 2.95 bits per heavy atom. The van der Waals surface area contributed by atoms with Crippen molar-refractivity contribution in [1.82, 2.24) is 4.98 Å². The predicted molar refractivity (Wildman–Crippen MR) is 78.5 cm³/mol. The molecule has 3 rings (SSSR count). The number of carbonyl (C=O) groups is 1. The summed E-state index contributed by atoms with van der Waals surface area (Å²) in [5.74, 6) is 0.231. The third-order valence-electron chi connectivity index (χ3n) is 4.74. The van der Waals surface area contributed by atoms with Crippen molar-refractivity contribution < 1.29 is 4.79 Å². The molecule has 0 bridgehead atoms. The fourth-order valence-corrected chi connectivity index (χ4v) is 3.44. The number of rotatable bonds is 3. The molecule has 0 saturated heterocycles. The second-order valence-electron chi connectivity index (χ2n) is 5.65. The molecule has 1 aromatic heterocycles. The zero-order valence-electron chi connectivity index (χ0n) is 11.7. The van der Waals surface area contributed by atoms with Gasteiger partial charge in [0.15, 0.2) is 5.78 Å². The molecule has 102 valence electrons. The number of hydrogen-bond acceptors (Lipinski definition) is 2. The van der Waals surface area contributed by atoms with E-state index in [2.05, 4.69) is 18.0 Å². The maximum atomic E-state index is 13.0. The SMILES string of the molecule is CC[C@]1(CCC#N)CCc2[nH]c3ccccc3c2C1=O. The molecular formula is C17H18N2O. The third kappa shape index (κ3) is 1.76. The first-order valence-electron chi connectivity index (χ1n) is 7.23. The Labute approximate surface area is 118 Å². The van der Waals surface area contributed by atoms with Crippen molar-refractivity contribution in [1.29, 1.82) is 5.26 Å². The molecule has 0 fully saturated rings. The number of aromatic amines is 1. The second-order valence-corrected chi connectivity index (χ2v) is 5.65. The minimum absolute atomic E-state index is 0.231. The summed E-state index contributed by atoms with van der Waals surface area (Å²) in [6.07, 6.45) is 3.69. The number of nitrogens with zero attached hydrogens (tertiary/aromatic N) is 1. The quantitative estimate of drug-likeness (QED) is 0.913. The summed E-state index contributed by atoms with van der Waals surface area (Å²) >= 11 is 0. The number of para-hydroxylation sites is 1. The molecule has 1 aromatic carbocycles. The smallest absolute Gasteiger partial charge is 0.171 e. The highest BCUT2D eigenvalue weighted by molar-refractivity contribution is 6.12. The monoisotopic (exact) mass is 266 g/mol. The van der Waals surface area contributed by atoms with Crippen LogP contribution in [0, 0.1) is 16.7 Å². The van der Waals surface area contributed by atoms with Crippen LogP contribution in [-0.4, -0.2) is 10.8 Å². The van der Waals surface area contributed by atoms with Gasteiger partial charge in [-0.15, -0.1) is 0 Å². The summed E-state index contributed by atoms with van der Waals surface area (Å²) in [5.41, 5.74) is 2.63. The number of benzene rings is 1. The molecule has 3 nitrogen and oxygen atoms in total. The lowest BCUT2D eigenvalue weighted by molar-refractivity contribution is 0.0732. The maximum absolute atomic E-state index is 13.0. The van der Waals surface area contributed by atoms with Gasteiger partial charge in [0.1, 0.15) is 0 Å². The molecule has 1 N–H and O–H groups in total. The van der Waals surface area contributed by atoms with E-state index in [-0.39, 0.29) is 11.2 Å². The summed E-state index contributed by atoms with van der Waals surface area (Å²) < 4.78 is 0. The summed E-state index contributed by atoms with van der Waals surface area (Å²) in [5, 5.41) is 9.88. The van der Waals surface area contributed by atoms with Gasteiger partial charge in [0.2, 0.25) is 0 Å². The average Bonchev–Trinajstić information content (AvgIpc) is 2.86. The number of ketones is 1. The molecule has 1 heterocycles. The Kier molecular flexibility index (Phi) is 3.10. The lowest BCUT2D eigenvalue weighted by atomic mass is 9.67. The normalized spacial score (nSPS) is 21.7. The summed E-state index contributed by atoms with van der Waals surface area (Å²) in [7, 11) is 0. The van der Waals surface area contributed by atoms with E-state index in [9.17, 15) is 4.79 Å². The predicted octanol–water partition coefficient (Wildman–Crippen LogP) is 4.00. The summed E-state index contributed by atoms with van der Waals surface area (Å²) in [6, 6.07) is 10.2. The van der Waals surface area contributed by atoms with Crippen molar-refractivity contribution in [3.63, 3.8) is 0 Å². The van der Waals surface area contributed by atoms with Crippen molar-refractivity contribution in [3.05, 3.63) is 35.5 Å². The maximum Gasteiger partial charge on any atom is 0.171 e. The van der Waals surface area contributed by atoms with E-state index < -0.39 is 0 Å². The number of hydrogen-bond donors (Lipinski definition) is 1. The zero-order chi connectivity index (χ0) is 14.2. The Bertz CT molecular complexity index is 707. The number of aryl methyl sites for hydroxylation is 1. The van der Waals surface area contributed by atoms with Crippen LogP contribution in [0.25, 0.3) is 10.9 Å². The van der Waals surface area contributed by atoms with Crippen LogP contribution in [0.4, 0.5) is 0 Å². The van der Waals surface area contributed by atoms with Gasteiger partial charge in [-0.1, -0.05) is 25.1 Å². The lowest BCUT2D eigenvalue weighted by Gasteiger charge is -2.34. The van der Waals surface area contributed by atoms with Crippen molar-refractivity contribution in [2.75, 3.05) is 0 Å². The van der Waals surface area contributed by atoms with E-state index in [1.54, 1.807) is 0 Å². The molecule has 0 radical (unpaired) electrons. The van der Waals surface area contributed by atoms with Gasteiger partial charge >= 0.3 is 0 Å². The van der Waals surface area contributed by atoms with E-state index in [4.69, 9.17) is 5.26 Å². The Hall–Kier alpha value is -2.08.